The maximum absolute atomic E-state index is 12.6. The zero-order valence-corrected chi connectivity index (χ0v) is 16.8. The van der Waals surface area contributed by atoms with Gasteiger partial charge in [-0.25, -0.2) is 13.1 Å². The van der Waals surface area contributed by atoms with E-state index in [4.69, 9.17) is 16.3 Å². The number of amides is 2. The molecular formula is C17H19ClN4O5S. The molecule has 0 saturated carbocycles. The summed E-state index contributed by atoms with van der Waals surface area (Å²) in [5.74, 6) is -0.941. The average Bonchev–Trinajstić information content (AvgIpc) is 3.01. The summed E-state index contributed by atoms with van der Waals surface area (Å²) in [6.07, 6.45) is 2.09. The summed E-state index contributed by atoms with van der Waals surface area (Å²) in [6.45, 7) is 4.28. The lowest BCUT2D eigenvalue weighted by Gasteiger charge is -2.25. The van der Waals surface area contributed by atoms with Gasteiger partial charge >= 0.3 is 0 Å². The van der Waals surface area contributed by atoms with E-state index in [2.05, 4.69) is 10.4 Å². The van der Waals surface area contributed by atoms with E-state index in [-0.39, 0.29) is 27.2 Å². The molecule has 1 aliphatic heterocycles. The predicted molar refractivity (Wildman–Crippen MR) is 102 cm³/mol. The average molecular weight is 427 g/mol. The number of halogens is 1. The third-order valence-electron chi connectivity index (χ3n) is 4.06. The second-order valence-electron chi connectivity index (χ2n) is 6.19. The quantitative estimate of drug-likeness (QED) is 0.730. The van der Waals surface area contributed by atoms with Crippen molar-refractivity contribution in [2.45, 2.75) is 44.2 Å². The first-order valence-corrected chi connectivity index (χ1v) is 10.5. The van der Waals surface area contributed by atoms with Gasteiger partial charge in [0.05, 0.1) is 15.6 Å². The van der Waals surface area contributed by atoms with Crippen molar-refractivity contribution in [3.05, 3.63) is 35.1 Å². The van der Waals surface area contributed by atoms with Crippen LogP contribution in [0, 0.1) is 0 Å². The fraction of sp³-hybridized carbons (Fsp3) is 0.353. The van der Waals surface area contributed by atoms with Crippen molar-refractivity contribution in [3.63, 3.8) is 0 Å². The Balaban J connectivity index is 1.83. The van der Waals surface area contributed by atoms with Crippen molar-refractivity contribution in [1.29, 1.82) is 0 Å². The molecule has 9 nitrogen and oxygen atoms in total. The van der Waals surface area contributed by atoms with E-state index in [9.17, 15) is 18.0 Å². The number of benzene rings is 1. The molecular weight excluding hydrogens is 408 g/mol. The number of carbonyl (C=O) groups is 2. The van der Waals surface area contributed by atoms with E-state index in [1.165, 1.54) is 29.1 Å². The van der Waals surface area contributed by atoms with Gasteiger partial charge in [0.25, 0.3) is 21.8 Å². The van der Waals surface area contributed by atoms with Crippen LogP contribution in [0.2, 0.25) is 5.02 Å². The second-order valence-corrected chi connectivity index (χ2v) is 8.27. The molecule has 0 saturated heterocycles. The number of sulfonamides is 1. The topological polar surface area (TPSA) is 119 Å². The van der Waals surface area contributed by atoms with Crippen LogP contribution in [-0.4, -0.2) is 36.1 Å². The Kier molecular flexibility index (Phi) is 5.61. The van der Waals surface area contributed by atoms with Crippen molar-refractivity contribution in [1.82, 2.24) is 14.5 Å². The van der Waals surface area contributed by atoms with Crippen molar-refractivity contribution >= 4 is 39.1 Å². The van der Waals surface area contributed by atoms with Gasteiger partial charge in [0.1, 0.15) is 5.75 Å². The van der Waals surface area contributed by atoms with Crippen LogP contribution >= 0.6 is 11.6 Å². The van der Waals surface area contributed by atoms with Gasteiger partial charge in [-0.05, 0) is 31.0 Å². The van der Waals surface area contributed by atoms with Crippen LogP contribution in [0.1, 0.15) is 37.2 Å². The Morgan fingerprint density at radius 3 is 2.82 bits per heavy atom. The molecule has 150 valence electrons. The molecule has 2 N–H and O–H groups in total. The Morgan fingerprint density at radius 1 is 1.39 bits per heavy atom. The van der Waals surface area contributed by atoms with Crippen LogP contribution in [0.15, 0.2) is 29.3 Å². The highest BCUT2D eigenvalue weighted by Gasteiger charge is 2.29. The Bertz CT molecular complexity index is 1030. The first-order chi connectivity index (χ1) is 13.2. The Labute approximate surface area is 167 Å². The van der Waals surface area contributed by atoms with Crippen LogP contribution in [0.3, 0.4) is 0 Å². The SMILES string of the molecule is CCCn1cc(Cl)c(C(=O)NS(=O)(=O)c2ccc3c(c2)NC(=O)[C@@H](CC)O3)n1. The van der Waals surface area contributed by atoms with Gasteiger partial charge in [-0.2, -0.15) is 5.10 Å². The molecule has 0 bridgehead atoms. The van der Waals surface area contributed by atoms with E-state index in [0.717, 1.165) is 6.42 Å². The van der Waals surface area contributed by atoms with Gasteiger partial charge in [-0.1, -0.05) is 25.4 Å². The molecule has 2 aromatic rings. The lowest BCUT2D eigenvalue weighted by molar-refractivity contribution is -0.123. The summed E-state index contributed by atoms with van der Waals surface area (Å²) in [5, 5.41) is 6.67. The fourth-order valence-corrected chi connectivity index (χ4v) is 3.90. The monoisotopic (exact) mass is 426 g/mol. The zero-order valence-electron chi connectivity index (χ0n) is 15.2. The molecule has 2 heterocycles. The summed E-state index contributed by atoms with van der Waals surface area (Å²) < 4.78 is 34.1. The smallest absolute Gasteiger partial charge is 0.287 e. The van der Waals surface area contributed by atoms with Crippen LogP contribution in [-0.2, 0) is 21.4 Å². The van der Waals surface area contributed by atoms with Crippen molar-refractivity contribution < 1.29 is 22.7 Å². The van der Waals surface area contributed by atoms with Crippen molar-refractivity contribution in [3.8, 4) is 5.75 Å². The second kappa shape index (κ2) is 7.80. The van der Waals surface area contributed by atoms with E-state index in [1.54, 1.807) is 6.92 Å². The van der Waals surface area contributed by atoms with Crippen LogP contribution in [0.5, 0.6) is 5.75 Å². The highest BCUT2D eigenvalue weighted by Crippen LogP contribution is 2.32. The highest BCUT2D eigenvalue weighted by molar-refractivity contribution is 7.90. The van der Waals surface area contributed by atoms with Gasteiger partial charge in [-0.15, -0.1) is 0 Å². The molecule has 0 fully saturated rings. The van der Waals surface area contributed by atoms with Gasteiger partial charge in [0.2, 0.25) is 0 Å². The van der Waals surface area contributed by atoms with Crippen molar-refractivity contribution in [2.24, 2.45) is 0 Å². The molecule has 0 aliphatic carbocycles. The number of hydrogen-bond acceptors (Lipinski definition) is 6. The first kappa shape index (κ1) is 20.2. The van der Waals surface area contributed by atoms with Gasteiger partial charge in [-0.3, -0.25) is 14.3 Å². The highest BCUT2D eigenvalue weighted by atomic mass is 35.5. The summed E-state index contributed by atoms with van der Waals surface area (Å²) in [7, 11) is -4.21. The molecule has 3 rings (SSSR count). The standard InChI is InChI=1S/C17H19ClN4O5S/c1-3-7-22-9-11(18)15(20-22)17(24)21-28(25,26)10-5-6-14-12(8-10)19-16(23)13(4-2)27-14/h5-6,8-9,13H,3-4,7H2,1-2H3,(H,19,23)(H,21,24)/t13-/m1/s1. The van der Waals surface area contributed by atoms with Crippen LogP contribution < -0.4 is 14.8 Å². The number of anilines is 1. The molecule has 11 heteroatoms. The maximum Gasteiger partial charge on any atom is 0.287 e. The molecule has 28 heavy (non-hydrogen) atoms. The van der Waals surface area contributed by atoms with Gasteiger partial charge < -0.3 is 10.1 Å². The van der Waals surface area contributed by atoms with Gasteiger partial charge in [0, 0.05) is 12.7 Å². The normalized spacial score (nSPS) is 16.1. The third kappa shape index (κ3) is 3.97. The molecule has 0 unspecified atom stereocenters. The molecule has 1 atom stereocenters. The lowest BCUT2D eigenvalue weighted by atomic mass is 10.2. The predicted octanol–water partition coefficient (Wildman–Crippen LogP) is 2.17. The van der Waals surface area contributed by atoms with Crippen LogP contribution in [0.4, 0.5) is 5.69 Å². The Hall–Kier alpha value is -2.59. The summed E-state index contributed by atoms with van der Waals surface area (Å²) in [4.78, 5) is 24.1. The lowest BCUT2D eigenvalue weighted by Crippen LogP contribution is -2.36. The van der Waals surface area contributed by atoms with E-state index >= 15 is 0 Å². The van der Waals surface area contributed by atoms with E-state index < -0.39 is 22.0 Å². The first-order valence-electron chi connectivity index (χ1n) is 8.66. The van der Waals surface area contributed by atoms with E-state index in [0.29, 0.717) is 18.7 Å². The number of fused-ring (bicyclic) bond motifs is 1. The minimum atomic E-state index is -4.21. The number of nitrogens with one attached hydrogen (secondary N) is 2. The molecule has 0 spiro atoms. The molecule has 2 amide bonds. The maximum atomic E-state index is 12.6. The molecule has 1 aliphatic rings. The summed E-state index contributed by atoms with van der Waals surface area (Å²) in [5.41, 5.74) is 0.0364. The number of rotatable bonds is 6. The number of nitrogens with zero attached hydrogens (tertiary/aromatic N) is 2. The minimum Gasteiger partial charge on any atom is -0.478 e. The largest absolute Gasteiger partial charge is 0.478 e. The number of aryl methyl sites for hydroxylation is 1. The molecule has 1 aromatic heterocycles. The van der Waals surface area contributed by atoms with Crippen molar-refractivity contribution in [2.75, 3.05) is 5.32 Å². The molecule has 1 aromatic carbocycles. The zero-order chi connectivity index (χ0) is 20.5. The van der Waals surface area contributed by atoms with Gasteiger partial charge in [0.15, 0.2) is 11.8 Å². The number of aromatic nitrogens is 2. The number of ether oxygens (including phenoxy) is 1. The Morgan fingerprint density at radius 2 is 2.14 bits per heavy atom. The third-order valence-corrected chi connectivity index (χ3v) is 5.67. The molecule has 0 radical (unpaired) electrons. The summed E-state index contributed by atoms with van der Waals surface area (Å²) in [6, 6.07) is 3.95. The number of hydrogen-bond donors (Lipinski definition) is 2. The number of carbonyl (C=O) groups excluding carboxylic acids is 2. The minimum absolute atomic E-state index is 0.0536. The fourth-order valence-electron chi connectivity index (χ4n) is 2.69. The summed E-state index contributed by atoms with van der Waals surface area (Å²) >= 11 is 5.99. The van der Waals surface area contributed by atoms with E-state index in [1.807, 2.05) is 11.6 Å². The van der Waals surface area contributed by atoms with Crippen LogP contribution in [0.25, 0.3) is 0 Å².